The number of aryl methyl sites for hydroxylation is 2. The first-order chi connectivity index (χ1) is 16.8. The monoisotopic (exact) mass is 540 g/mol. The molecule has 0 bridgehead atoms. The Bertz CT molecular complexity index is 1260. The summed E-state index contributed by atoms with van der Waals surface area (Å²) in [6.07, 6.45) is 1.38. The minimum absolute atomic E-state index is 0.195. The highest BCUT2D eigenvalue weighted by molar-refractivity contribution is 9.10. The highest BCUT2D eigenvalue weighted by Gasteiger charge is 2.15. The maximum Gasteiger partial charge on any atom is 0.343 e. The van der Waals surface area contributed by atoms with Gasteiger partial charge in [-0.1, -0.05) is 22.0 Å². The van der Waals surface area contributed by atoms with Gasteiger partial charge in [-0.3, -0.25) is 4.79 Å². The van der Waals surface area contributed by atoms with E-state index >= 15 is 0 Å². The van der Waals surface area contributed by atoms with E-state index in [1.165, 1.54) is 26.5 Å². The Morgan fingerprint density at radius 2 is 1.66 bits per heavy atom. The second kappa shape index (κ2) is 12.0. The van der Waals surface area contributed by atoms with Crippen molar-refractivity contribution in [3.05, 3.63) is 81.3 Å². The molecule has 1 amide bonds. The first-order valence-electron chi connectivity index (χ1n) is 10.6. The Hall–Kier alpha value is -3.85. The van der Waals surface area contributed by atoms with Crippen molar-refractivity contribution in [2.75, 3.05) is 20.8 Å². The molecule has 9 heteroatoms. The minimum atomic E-state index is -0.589. The summed E-state index contributed by atoms with van der Waals surface area (Å²) in [6.45, 7) is 3.78. The minimum Gasteiger partial charge on any atom is -0.493 e. The van der Waals surface area contributed by atoms with Gasteiger partial charge in [-0.25, -0.2) is 10.2 Å². The largest absolute Gasteiger partial charge is 0.493 e. The molecule has 0 aliphatic heterocycles. The van der Waals surface area contributed by atoms with Crippen molar-refractivity contribution >= 4 is 34.0 Å². The normalized spacial score (nSPS) is 10.7. The molecule has 1 N–H and O–H groups in total. The number of hydrogen-bond acceptors (Lipinski definition) is 7. The number of halogens is 1. The molecule has 182 valence electrons. The van der Waals surface area contributed by atoms with Crippen LogP contribution in [0.15, 0.2) is 64.2 Å². The fourth-order valence-corrected chi connectivity index (χ4v) is 3.37. The molecule has 0 saturated heterocycles. The maximum absolute atomic E-state index is 12.7. The predicted octanol–water partition coefficient (Wildman–Crippen LogP) is 4.83. The molecule has 0 saturated carbocycles. The van der Waals surface area contributed by atoms with Gasteiger partial charge in [0.25, 0.3) is 5.91 Å². The number of carbonyl (C=O) groups is 2. The van der Waals surface area contributed by atoms with Crippen LogP contribution in [-0.2, 0) is 4.79 Å². The fourth-order valence-electron chi connectivity index (χ4n) is 2.99. The molecule has 0 unspecified atom stereocenters. The number of nitrogens with zero attached hydrogens (tertiary/aromatic N) is 1. The quantitative estimate of drug-likeness (QED) is 0.181. The third-order valence-electron chi connectivity index (χ3n) is 5.03. The zero-order chi connectivity index (χ0) is 25.4. The number of benzene rings is 3. The molecule has 3 rings (SSSR count). The van der Waals surface area contributed by atoms with Crippen LogP contribution in [0.1, 0.15) is 27.0 Å². The van der Waals surface area contributed by atoms with Crippen molar-refractivity contribution in [1.82, 2.24) is 5.43 Å². The molecule has 0 spiro atoms. The molecular weight excluding hydrogens is 516 g/mol. The number of rotatable bonds is 9. The van der Waals surface area contributed by atoms with Gasteiger partial charge in [0.1, 0.15) is 11.5 Å². The van der Waals surface area contributed by atoms with Gasteiger partial charge in [0.2, 0.25) is 0 Å². The highest BCUT2D eigenvalue weighted by Crippen LogP contribution is 2.29. The van der Waals surface area contributed by atoms with Gasteiger partial charge in [0.05, 0.1) is 26.0 Å². The van der Waals surface area contributed by atoms with E-state index in [1.807, 2.05) is 26.0 Å². The van der Waals surface area contributed by atoms with Crippen LogP contribution in [0.5, 0.6) is 23.0 Å². The van der Waals surface area contributed by atoms with E-state index in [0.717, 1.165) is 15.6 Å². The zero-order valence-electron chi connectivity index (χ0n) is 19.8. The van der Waals surface area contributed by atoms with Crippen LogP contribution in [0.2, 0.25) is 0 Å². The lowest BCUT2D eigenvalue weighted by molar-refractivity contribution is -0.123. The number of carbonyl (C=O) groups excluding carboxylic acids is 2. The van der Waals surface area contributed by atoms with Gasteiger partial charge in [-0.2, -0.15) is 5.10 Å². The van der Waals surface area contributed by atoms with Crippen LogP contribution in [0.25, 0.3) is 0 Å². The van der Waals surface area contributed by atoms with E-state index in [9.17, 15) is 9.59 Å². The molecule has 8 nitrogen and oxygen atoms in total. The van der Waals surface area contributed by atoms with Crippen molar-refractivity contribution < 1.29 is 28.5 Å². The van der Waals surface area contributed by atoms with Crippen LogP contribution < -0.4 is 24.4 Å². The van der Waals surface area contributed by atoms with Crippen molar-refractivity contribution in [1.29, 1.82) is 0 Å². The summed E-state index contributed by atoms with van der Waals surface area (Å²) in [5.74, 6) is 0.746. The van der Waals surface area contributed by atoms with Crippen molar-refractivity contribution in [3.8, 4) is 23.0 Å². The molecule has 3 aromatic carbocycles. The molecule has 0 aliphatic rings. The zero-order valence-corrected chi connectivity index (χ0v) is 21.3. The maximum atomic E-state index is 12.7. The van der Waals surface area contributed by atoms with Crippen LogP contribution >= 0.6 is 15.9 Å². The van der Waals surface area contributed by atoms with E-state index in [1.54, 1.807) is 36.4 Å². The van der Waals surface area contributed by atoms with Crippen LogP contribution in [0, 0.1) is 13.8 Å². The van der Waals surface area contributed by atoms with Gasteiger partial charge in [-0.05, 0) is 73.5 Å². The van der Waals surface area contributed by atoms with E-state index in [4.69, 9.17) is 18.9 Å². The van der Waals surface area contributed by atoms with Gasteiger partial charge < -0.3 is 18.9 Å². The number of hydrazone groups is 1. The van der Waals surface area contributed by atoms with E-state index < -0.39 is 11.9 Å². The summed E-state index contributed by atoms with van der Waals surface area (Å²) in [5, 5.41) is 3.96. The van der Waals surface area contributed by atoms with E-state index in [-0.39, 0.29) is 17.9 Å². The van der Waals surface area contributed by atoms with Gasteiger partial charge in [0.15, 0.2) is 18.1 Å². The van der Waals surface area contributed by atoms with Gasteiger partial charge in [0, 0.05) is 10.0 Å². The summed E-state index contributed by atoms with van der Waals surface area (Å²) in [5.41, 5.74) is 5.38. The number of amides is 1. The third-order valence-corrected chi connectivity index (χ3v) is 5.53. The molecule has 0 fully saturated rings. The Balaban J connectivity index is 1.65. The average molecular weight is 541 g/mol. The Morgan fingerprint density at radius 1 is 0.914 bits per heavy atom. The van der Waals surface area contributed by atoms with Crippen LogP contribution in [0.4, 0.5) is 0 Å². The topological polar surface area (TPSA) is 95.5 Å². The summed E-state index contributed by atoms with van der Waals surface area (Å²) in [4.78, 5) is 24.8. The van der Waals surface area contributed by atoms with Crippen LogP contribution in [0.3, 0.4) is 0 Å². The number of nitrogens with one attached hydrogen (secondary N) is 1. The molecule has 0 aromatic heterocycles. The third kappa shape index (κ3) is 7.07. The second-order valence-electron chi connectivity index (χ2n) is 7.47. The lowest BCUT2D eigenvalue weighted by Gasteiger charge is -2.11. The molecule has 0 atom stereocenters. The second-order valence-corrected chi connectivity index (χ2v) is 8.39. The predicted molar refractivity (Wildman–Crippen MR) is 136 cm³/mol. The summed E-state index contributed by atoms with van der Waals surface area (Å²) >= 11 is 3.38. The molecule has 0 heterocycles. The van der Waals surface area contributed by atoms with Crippen LogP contribution in [-0.4, -0.2) is 38.9 Å². The fraction of sp³-hybridized carbons (Fsp3) is 0.192. The van der Waals surface area contributed by atoms with Crippen molar-refractivity contribution in [2.45, 2.75) is 13.8 Å². The molecule has 3 aromatic rings. The lowest BCUT2D eigenvalue weighted by Crippen LogP contribution is -2.24. The van der Waals surface area contributed by atoms with Crippen molar-refractivity contribution in [3.63, 3.8) is 0 Å². The Kier molecular flexibility index (Phi) is 8.86. The smallest absolute Gasteiger partial charge is 0.343 e. The van der Waals surface area contributed by atoms with E-state index in [0.29, 0.717) is 22.8 Å². The summed E-state index contributed by atoms with van der Waals surface area (Å²) < 4.78 is 22.2. The van der Waals surface area contributed by atoms with Crippen molar-refractivity contribution in [2.24, 2.45) is 5.10 Å². The first-order valence-corrected chi connectivity index (χ1v) is 11.4. The average Bonchev–Trinajstić information content (AvgIpc) is 2.85. The number of methoxy groups -OCH3 is 2. The highest BCUT2D eigenvalue weighted by atomic mass is 79.9. The number of esters is 1. The lowest BCUT2D eigenvalue weighted by atomic mass is 10.1. The molecule has 35 heavy (non-hydrogen) atoms. The first kappa shape index (κ1) is 25.8. The summed E-state index contributed by atoms with van der Waals surface area (Å²) in [6, 6.07) is 15.4. The number of ether oxygens (including phenoxy) is 4. The Morgan fingerprint density at radius 3 is 2.37 bits per heavy atom. The Labute approximate surface area is 212 Å². The SMILES string of the molecule is COc1ccc(C(=O)Oc2ccc(Br)cc2/C=N\NC(=O)COc2ccc(C)c(C)c2)cc1OC. The van der Waals surface area contributed by atoms with Gasteiger partial charge >= 0.3 is 5.97 Å². The summed E-state index contributed by atoms with van der Waals surface area (Å²) in [7, 11) is 3.00. The molecule has 0 radical (unpaired) electrons. The number of hydrogen-bond donors (Lipinski definition) is 1. The van der Waals surface area contributed by atoms with Gasteiger partial charge in [-0.15, -0.1) is 0 Å². The standard InChI is InChI=1S/C26H25BrN2O6/c1-16-5-8-21(11-17(16)2)34-15-25(30)29-28-14-19-12-20(27)7-10-22(19)35-26(31)18-6-9-23(32-3)24(13-18)33-4/h5-14H,15H2,1-4H3,(H,29,30)/b28-14-. The molecular formula is C26H25BrN2O6. The van der Waals surface area contributed by atoms with E-state index in [2.05, 4.69) is 26.5 Å². The molecule has 0 aliphatic carbocycles.